The van der Waals surface area contributed by atoms with Crippen LogP contribution in [0.2, 0.25) is 0 Å². The first-order valence-corrected chi connectivity index (χ1v) is 5.40. The van der Waals surface area contributed by atoms with Gasteiger partial charge in [0.25, 0.3) is 0 Å². The van der Waals surface area contributed by atoms with Gasteiger partial charge in [-0.3, -0.25) is 0 Å². The van der Waals surface area contributed by atoms with Crippen molar-refractivity contribution in [2.45, 2.75) is 53.2 Å². The highest BCUT2D eigenvalue weighted by molar-refractivity contribution is 4.72. The molecule has 0 aromatic rings. The maximum absolute atomic E-state index is 9.78. The molecule has 2 nitrogen and oxygen atoms in total. The summed E-state index contributed by atoms with van der Waals surface area (Å²) in [5.41, 5.74) is 0. The van der Waals surface area contributed by atoms with Gasteiger partial charge in [0.1, 0.15) is 0 Å². The standard InChI is InChI=1S/C11H25NO/c1-6-12-10(5)7-9(4)11(13)8(2)3/h8-13H,6-7H2,1-5H3/t9?,10?,11-/m1/s1. The first kappa shape index (κ1) is 12.9. The van der Waals surface area contributed by atoms with Crippen molar-refractivity contribution in [1.29, 1.82) is 0 Å². The summed E-state index contributed by atoms with van der Waals surface area (Å²) >= 11 is 0. The molecule has 3 atom stereocenters. The number of nitrogens with one attached hydrogen (secondary N) is 1. The average Bonchev–Trinajstić information content (AvgIpc) is 2.03. The first-order valence-electron chi connectivity index (χ1n) is 5.40. The lowest BCUT2D eigenvalue weighted by atomic mass is 9.90. The first-order chi connectivity index (χ1) is 5.99. The van der Waals surface area contributed by atoms with Crippen molar-refractivity contribution in [3.8, 4) is 0 Å². The summed E-state index contributed by atoms with van der Waals surface area (Å²) in [6.07, 6.45) is 0.883. The van der Waals surface area contributed by atoms with E-state index in [1.54, 1.807) is 0 Å². The highest BCUT2D eigenvalue weighted by atomic mass is 16.3. The van der Waals surface area contributed by atoms with Crippen molar-refractivity contribution in [2.24, 2.45) is 11.8 Å². The monoisotopic (exact) mass is 187 g/mol. The second-order valence-electron chi connectivity index (χ2n) is 4.41. The Labute approximate surface area is 82.7 Å². The van der Waals surface area contributed by atoms with Crippen LogP contribution < -0.4 is 5.32 Å². The number of aliphatic hydroxyl groups is 1. The van der Waals surface area contributed by atoms with Crippen LogP contribution in [0, 0.1) is 11.8 Å². The Balaban J connectivity index is 3.77. The van der Waals surface area contributed by atoms with Gasteiger partial charge in [-0.05, 0) is 31.7 Å². The lowest BCUT2D eigenvalue weighted by Crippen LogP contribution is -2.32. The van der Waals surface area contributed by atoms with Crippen molar-refractivity contribution in [3.05, 3.63) is 0 Å². The van der Waals surface area contributed by atoms with E-state index in [1.165, 1.54) is 0 Å². The summed E-state index contributed by atoms with van der Waals surface area (Å²) < 4.78 is 0. The van der Waals surface area contributed by atoms with Crippen molar-refractivity contribution < 1.29 is 5.11 Å². The molecule has 0 aromatic carbocycles. The van der Waals surface area contributed by atoms with E-state index < -0.39 is 0 Å². The maximum Gasteiger partial charge on any atom is 0.0589 e. The van der Waals surface area contributed by atoms with E-state index in [0.717, 1.165) is 13.0 Å². The van der Waals surface area contributed by atoms with Crippen molar-refractivity contribution >= 4 is 0 Å². The normalized spacial score (nSPS) is 18.7. The molecule has 0 heterocycles. The quantitative estimate of drug-likeness (QED) is 0.667. The summed E-state index contributed by atoms with van der Waals surface area (Å²) in [7, 11) is 0. The van der Waals surface area contributed by atoms with Gasteiger partial charge < -0.3 is 10.4 Å². The van der Waals surface area contributed by atoms with Crippen LogP contribution in [0.15, 0.2) is 0 Å². The van der Waals surface area contributed by atoms with Gasteiger partial charge in [0.15, 0.2) is 0 Å². The Kier molecular flexibility index (Phi) is 6.35. The fourth-order valence-corrected chi connectivity index (χ4v) is 1.79. The fourth-order valence-electron chi connectivity index (χ4n) is 1.79. The SMILES string of the molecule is CCNC(C)CC(C)[C@H](O)C(C)C. The third-order valence-corrected chi connectivity index (χ3v) is 2.54. The molecule has 0 aliphatic carbocycles. The number of rotatable bonds is 6. The van der Waals surface area contributed by atoms with Gasteiger partial charge >= 0.3 is 0 Å². The maximum atomic E-state index is 9.78. The Morgan fingerprint density at radius 1 is 1.15 bits per heavy atom. The molecular formula is C11H25NO. The second-order valence-corrected chi connectivity index (χ2v) is 4.41. The van der Waals surface area contributed by atoms with Crippen LogP contribution in [0.4, 0.5) is 0 Å². The predicted octanol–water partition coefficient (Wildman–Crippen LogP) is 2.03. The molecule has 0 aliphatic heterocycles. The molecular weight excluding hydrogens is 162 g/mol. The summed E-state index contributed by atoms with van der Waals surface area (Å²) in [6.45, 7) is 11.6. The van der Waals surface area contributed by atoms with E-state index in [-0.39, 0.29) is 6.10 Å². The molecule has 2 N–H and O–H groups in total. The minimum atomic E-state index is -0.166. The predicted molar refractivity (Wildman–Crippen MR) is 57.8 cm³/mol. The molecule has 0 fully saturated rings. The van der Waals surface area contributed by atoms with Crippen LogP contribution >= 0.6 is 0 Å². The van der Waals surface area contributed by atoms with Crippen molar-refractivity contribution in [1.82, 2.24) is 5.32 Å². The topological polar surface area (TPSA) is 32.3 Å². The van der Waals surface area contributed by atoms with E-state index in [1.807, 2.05) is 0 Å². The molecule has 0 bridgehead atoms. The smallest absolute Gasteiger partial charge is 0.0589 e. The molecule has 0 amide bonds. The summed E-state index contributed by atoms with van der Waals surface area (Å²) in [5.74, 6) is 0.748. The highest BCUT2D eigenvalue weighted by Gasteiger charge is 2.19. The van der Waals surface area contributed by atoms with Gasteiger partial charge in [0, 0.05) is 6.04 Å². The molecule has 0 saturated heterocycles. The van der Waals surface area contributed by atoms with Crippen LogP contribution in [-0.2, 0) is 0 Å². The molecule has 13 heavy (non-hydrogen) atoms. The van der Waals surface area contributed by atoms with Crippen molar-refractivity contribution in [3.63, 3.8) is 0 Å². The molecule has 2 heteroatoms. The zero-order chi connectivity index (χ0) is 10.4. The van der Waals surface area contributed by atoms with Crippen LogP contribution in [0.5, 0.6) is 0 Å². The molecule has 2 unspecified atom stereocenters. The minimum Gasteiger partial charge on any atom is -0.393 e. The van der Waals surface area contributed by atoms with E-state index >= 15 is 0 Å². The minimum absolute atomic E-state index is 0.166. The zero-order valence-corrected chi connectivity index (χ0v) is 9.67. The van der Waals surface area contributed by atoms with E-state index in [9.17, 15) is 5.11 Å². The largest absolute Gasteiger partial charge is 0.393 e. The summed E-state index contributed by atoms with van der Waals surface area (Å²) in [4.78, 5) is 0. The number of hydrogen-bond acceptors (Lipinski definition) is 2. The summed E-state index contributed by atoms with van der Waals surface area (Å²) in [6, 6.07) is 0.508. The van der Waals surface area contributed by atoms with Gasteiger partial charge in [-0.2, -0.15) is 0 Å². The fraction of sp³-hybridized carbons (Fsp3) is 1.00. The Bertz CT molecular complexity index is 125. The van der Waals surface area contributed by atoms with E-state index in [4.69, 9.17) is 0 Å². The molecule has 0 spiro atoms. The van der Waals surface area contributed by atoms with Crippen LogP contribution in [0.3, 0.4) is 0 Å². The van der Waals surface area contributed by atoms with Crippen LogP contribution in [0.1, 0.15) is 41.0 Å². The molecule has 0 aromatic heterocycles. The van der Waals surface area contributed by atoms with Crippen molar-refractivity contribution in [2.75, 3.05) is 6.54 Å². The summed E-state index contributed by atoms with van der Waals surface area (Å²) in [5, 5.41) is 13.1. The Morgan fingerprint density at radius 2 is 1.69 bits per heavy atom. The molecule has 0 aliphatic rings. The van der Waals surface area contributed by atoms with E-state index in [0.29, 0.717) is 17.9 Å². The molecule has 0 rings (SSSR count). The second kappa shape index (κ2) is 6.39. The molecule has 0 saturated carbocycles. The number of aliphatic hydroxyl groups excluding tert-OH is 1. The Morgan fingerprint density at radius 3 is 2.08 bits per heavy atom. The lowest BCUT2D eigenvalue weighted by Gasteiger charge is -2.25. The zero-order valence-electron chi connectivity index (χ0n) is 9.67. The lowest BCUT2D eigenvalue weighted by molar-refractivity contribution is 0.0644. The van der Waals surface area contributed by atoms with E-state index in [2.05, 4.69) is 39.9 Å². The van der Waals surface area contributed by atoms with Gasteiger partial charge in [-0.15, -0.1) is 0 Å². The highest BCUT2D eigenvalue weighted by Crippen LogP contribution is 2.17. The van der Waals surface area contributed by atoms with Crippen LogP contribution in [0.25, 0.3) is 0 Å². The van der Waals surface area contributed by atoms with Gasteiger partial charge in [-0.1, -0.05) is 27.7 Å². The van der Waals surface area contributed by atoms with Gasteiger partial charge in [-0.25, -0.2) is 0 Å². The third-order valence-electron chi connectivity index (χ3n) is 2.54. The third kappa shape index (κ3) is 5.27. The molecule has 80 valence electrons. The average molecular weight is 187 g/mol. The number of hydrogen-bond donors (Lipinski definition) is 2. The van der Waals surface area contributed by atoms with Gasteiger partial charge in [0.05, 0.1) is 6.10 Å². The van der Waals surface area contributed by atoms with Crippen LogP contribution in [-0.4, -0.2) is 23.8 Å². The Hall–Kier alpha value is -0.0800. The molecule has 0 radical (unpaired) electrons. The van der Waals surface area contributed by atoms with Gasteiger partial charge in [0.2, 0.25) is 0 Å².